The van der Waals surface area contributed by atoms with Gasteiger partial charge in [-0.15, -0.1) is 0 Å². The van der Waals surface area contributed by atoms with Gasteiger partial charge in [-0.2, -0.15) is 0 Å². The largest absolute Gasteiger partial charge is 0.464 e. The van der Waals surface area contributed by atoms with Gasteiger partial charge in [0.25, 0.3) is 0 Å². The number of imidazole rings is 1. The third-order valence-corrected chi connectivity index (χ3v) is 3.31. The molecule has 1 heterocycles. The van der Waals surface area contributed by atoms with Gasteiger partial charge in [-0.3, -0.25) is 0 Å². The summed E-state index contributed by atoms with van der Waals surface area (Å²) in [5.41, 5.74) is 2.01. The van der Waals surface area contributed by atoms with Crippen LogP contribution in [0.15, 0.2) is 42.5 Å². The Morgan fingerprint density at radius 3 is 2.70 bits per heavy atom. The van der Waals surface area contributed by atoms with Gasteiger partial charge in [0.2, 0.25) is 0 Å². The molecule has 4 heteroatoms. The summed E-state index contributed by atoms with van der Waals surface area (Å²) in [4.78, 5) is 19.2. The maximum Gasteiger partial charge on any atom is 0.358 e. The minimum absolute atomic E-state index is 0.329. The van der Waals surface area contributed by atoms with Crippen molar-refractivity contribution < 1.29 is 9.53 Å². The summed E-state index contributed by atoms with van der Waals surface area (Å²) in [5.74, 6) is 0.255. The number of aromatic nitrogens is 2. The Kier molecular flexibility index (Phi) is 2.99. The number of ether oxygens (including phenoxy) is 1. The topological polar surface area (TPSA) is 55.0 Å². The second kappa shape index (κ2) is 4.81. The number of nitrogens with one attached hydrogen (secondary N) is 1. The monoisotopic (exact) mass is 266 g/mol. The summed E-state index contributed by atoms with van der Waals surface area (Å²) in [6.45, 7) is 1.81. The molecule has 0 aliphatic carbocycles. The zero-order valence-electron chi connectivity index (χ0n) is 11.3. The number of hydrogen-bond donors (Lipinski definition) is 1. The van der Waals surface area contributed by atoms with Crippen LogP contribution in [-0.2, 0) is 4.74 Å². The molecule has 0 atom stereocenters. The predicted molar refractivity (Wildman–Crippen MR) is 77.6 cm³/mol. The highest BCUT2D eigenvalue weighted by Crippen LogP contribution is 2.27. The molecule has 2 aromatic carbocycles. The second-order valence-electron chi connectivity index (χ2n) is 4.58. The van der Waals surface area contributed by atoms with E-state index < -0.39 is 5.97 Å². The van der Waals surface area contributed by atoms with Crippen LogP contribution in [0.4, 0.5) is 0 Å². The van der Waals surface area contributed by atoms with E-state index >= 15 is 0 Å². The van der Waals surface area contributed by atoms with E-state index in [1.54, 1.807) is 0 Å². The number of aromatic amines is 1. The number of hydrogen-bond acceptors (Lipinski definition) is 3. The van der Waals surface area contributed by atoms with E-state index in [1.165, 1.54) is 7.11 Å². The molecule has 0 bridgehead atoms. The molecule has 0 saturated heterocycles. The first-order valence-electron chi connectivity index (χ1n) is 6.34. The molecule has 0 saturated carbocycles. The van der Waals surface area contributed by atoms with Crippen LogP contribution >= 0.6 is 0 Å². The Hall–Kier alpha value is -2.62. The molecule has 3 rings (SSSR count). The Balaban J connectivity index is 2.19. The first-order chi connectivity index (χ1) is 9.70. The highest BCUT2D eigenvalue weighted by molar-refractivity contribution is 5.96. The summed E-state index contributed by atoms with van der Waals surface area (Å²) in [7, 11) is 1.36. The van der Waals surface area contributed by atoms with Crippen molar-refractivity contribution in [2.75, 3.05) is 7.11 Å². The molecule has 0 fully saturated rings. The van der Waals surface area contributed by atoms with E-state index in [2.05, 4.69) is 22.1 Å². The normalized spacial score (nSPS) is 10.7. The molecule has 1 aromatic heterocycles. The van der Waals surface area contributed by atoms with Crippen molar-refractivity contribution in [3.05, 3.63) is 53.9 Å². The standard InChI is InChI=1S/C16H14N2O2/c1-10-14(16(19)20-2)18-15(17-10)13-9-5-7-11-6-3-4-8-12(11)13/h3-9H,1-2H3,(H,17,18). The maximum atomic E-state index is 11.6. The number of carbonyl (C=O) groups is 1. The number of methoxy groups -OCH3 is 1. The van der Waals surface area contributed by atoms with E-state index in [0.717, 1.165) is 16.3 Å². The fourth-order valence-corrected chi connectivity index (χ4v) is 2.32. The summed E-state index contributed by atoms with van der Waals surface area (Å²) in [5, 5.41) is 2.24. The average molecular weight is 266 g/mol. The van der Waals surface area contributed by atoms with Crippen molar-refractivity contribution >= 4 is 16.7 Å². The van der Waals surface area contributed by atoms with Crippen LogP contribution in [0.2, 0.25) is 0 Å². The number of nitrogens with zero attached hydrogens (tertiary/aromatic N) is 1. The van der Waals surface area contributed by atoms with E-state index in [9.17, 15) is 4.79 Å². The first kappa shape index (κ1) is 12.4. The minimum Gasteiger partial charge on any atom is -0.464 e. The van der Waals surface area contributed by atoms with Gasteiger partial charge in [-0.1, -0.05) is 42.5 Å². The molecule has 3 aromatic rings. The number of fused-ring (bicyclic) bond motifs is 1. The molecule has 0 amide bonds. The molecular weight excluding hydrogens is 252 g/mol. The van der Waals surface area contributed by atoms with Gasteiger partial charge in [-0.25, -0.2) is 9.78 Å². The SMILES string of the molecule is COC(=O)c1nc(-c2cccc3ccccc23)[nH]c1C. The van der Waals surface area contributed by atoms with Crippen molar-refractivity contribution in [2.45, 2.75) is 6.92 Å². The van der Waals surface area contributed by atoms with Crippen LogP contribution in [0.25, 0.3) is 22.2 Å². The van der Waals surface area contributed by atoms with Crippen LogP contribution < -0.4 is 0 Å². The van der Waals surface area contributed by atoms with Gasteiger partial charge < -0.3 is 9.72 Å². The first-order valence-corrected chi connectivity index (χ1v) is 6.34. The molecule has 4 nitrogen and oxygen atoms in total. The molecule has 0 aliphatic heterocycles. The number of aryl methyl sites for hydroxylation is 1. The Morgan fingerprint density at radius 2 is 1.90 bits per heavy atom. The molecule has 0 aliphatic rings. The average Bonchev–Trinajstić information content (AvgIpc) is 2.87. The number of carbonyl (C=O) groups excluding carboxylic acids is 1. The summed E-state index contributed by atoms with van der Waals surface area (Å²) >= 11 is 0. The molecular formula is C16H14N2O2. The van der Waals surface area contributed by atoms with Gasteiger partial charge in [0, 0.05) is 11.3 Å². The lowest BCUT2D eigenvalue weighted by atomic mass is 10.0. The third-order valence-electron chi connectivity index (χ3n) is 3.31. The van der Waals surface area contributed by atoms with E-state index in [4.69, 9.17) is 4.74 Å². The Labute approximate surface area is 116 Å². The Morgan fingerprint density at radius 1 is 1.15 bits per heavy atom. The fourth-order valence-electron chi connectivity index (χ4n) is 2.32. The fraction of sp³-hybridized carbons (Fsp3) is 0.125. The molecule has 1 N–H and O–H groups in total. The van der Waals surface area contributed by atoms with Gasteiger partial charge in [0.15, 0.2) is 5.69 Å². The van der Waals surface area contributed by atoms with Crippen molar-refractivity contribution in [1.29, 1.82) is 0 Å². The van der Waals surface area contributed by atoms with Gasteiger partial charge in [-0.05, 0) is 17.7 Å². The molecule has 0 radical (unpaired) electrons. The van der Waals surface area contributed by atoms with E-state index in [-0.39, 0.29) is 0 Å². The van der Waals surface area contributed by atoms with Crippen LogP contribution in [0, 0.1) is 6.92 Å². The molecule has 0 unspecified atom stereocenters. The predicted octanol–water partition coefficient (Wildman–Crippen LogP) is 3.32. The van der Waals surface area contributed by atoms with Crippen LogP contribution in [0.5, 0.6) is 0 Å². The van der Waals surface area contributed by atoms with E-state index in [0.29, 0.717) is 17.2 Å². The summed E-state index contributed by atoms with van der Waals surface area (Å²) in [6.07, 6.45) is 0. The highest BCUT2D eigenvalue weighted by Gasteiger charge is 2.16. The highest BCUT2D eigenvalue weighted by atomic mass is 16.5. The van der Waals surface area contributed by atoms with Crippen molar-refractivity contribution in [1.82, 2.24) is 9.97 Å². The number of H-pyrrole nitrogens is 1. The van der Waals surface area contributed by atoms with Crippen LogP contribution in [0.3, 0.4) is 0 Å². The number of benzene rings is 2. The number of esters is 1. The van der Waals surface area contributed by atoms with Crippen molar-refractivity contribution in [2.24, 2.45) is 0 Å². The summed E-state index contributed by atoms with van der Waals surface area (Å²) in [6, 6.07) is 14.1. The third kappa shape index (κ3) is 1.95. The smallest absolute Gasteiger partial charge is 0.358 e. The zero-order chi connectivity index (χ0) is 14.1. The van der Waals surface area contributed by atoms with Gasteiger partial charge in [0.1, 0.15) is 5.82 Å². The minimum atomic E-state index is -0.426. The Bertz CT molecular complexity index is 785. The van der Waals surface area contributed by atoms with Crippen LogP contribution in [-0.4, -0.2) is 23.0 Å². The van der Waals surface area contributed by atoms with Crippen molar-refractivity contribution in [3.63, 3.8) is 0 Å². The number of rotatable bonds is 2. The lowest BCUT2D eigenvalue weighted by molar-refractivity contribution is 0.0594. The van der Waals surface area contributed by atoms with Gasteiger partial charge in [0.05, 0.1) is 7.11 Å². The maximum absolute atomic E-state index is 11.6. The second-order valence-corrected chi connectivity index (χ2v) is 4.58. The van der Waals surface area contributed by atoms with Gasteiger partial charge >= 0.3 is 5.97 Å². The lowest BCUT2D eigenvalue weighted by Crippen LogP contribution is -2.03. The lowest BCUT2D eigenvalue weighted by Gasteiger charge is -2.03. The zero-order valence-corrected chi connectivity index (χ0v) is 11.3. The molecule has 100 valence electrons. The van der Waals surface area contributed by atoms with E-state index in [1.807, 2.05) is 37.3 Å². The van der Waals surface area contributed by atoms with Crippen LogP contribution in [0.1, 0.15) is 16.2 Å². The summed E-state index contributed by atoms with van der Waals surface area (Å²) < 4.78 is 4.73. The molecule has 0 spiro atoms. The molecule has 20 heavy (non-hydrogen) atoms. The quantitative estimate of drug-likeness (QED) is 0.724. The van der Waals surface area contributed by atoms with Crippen molar-refractivity contribution in [3.8, 4) is 11.4 Å².